The molecule has 0 N–H and O–H groups in total. The Kier molecular flexibility index (Phi) is 4.01. The van der Waals surface area contributed by atoms with Crippen LogP contribution in [0.25, 0.3) is 0 Å². The first-order valence-corrected chi connectivity index (χ1v) is 7.46. The van der Waals surface area contributed by atoms with Gasteiger partial charge in [0.05, 0.1) is 0 Å². The fourth-order valence-corrected chi connectivity index (χ4v) is 3.44. The van der Waals surface area contributed by atoms with Crippen molar-refractivity contribution in [1.82, 2.24) is 0 Å². The summed E-state index contributed by atoms with van der Waals surface area (Å²) in [6, 6.07) is 11.8. The lowest BCUT2D eigenvalue weighted by Gasteiger charge is -2.04. The van der Waals surface area contributed by atoms with Gasteiger partial charge in [0.2, 0.25) is 5.30 Å². The molecule has 1 unspecified atom stereocenters. The molecule has 1 atom stereocenters. The predicted molar refractivity (Wildman–Crippen MR) is 79.7 cm³/mol. The standard InChI is InChI=1S/C16H18O2P/c1-11-7-5-8-12(2)15(11)18-19(17)16-13(3)9-6-10-14(16)4/h5-10H,1-4H3/q+1. The molecular weight excluding hydrogens is 255 g/mol. The Morgan fingerprint density at radius 1 is 0.789 bits per heavy atom. The van der Waals surface area contributed by atoms with E-state index in [0.717, 1.165) is 33.3 Å². The third-order valence-corrected chi connectivity index (χ3v) is 4.62. The van der Waals surface area contributed by atoms with Gasteiger partial charge in [0, 0.05) is 11.1 Å². The maximum atomic E-state index is 12.5. The Morgan fingerprint density at radius 2 is 1.21 bits per heavy atom. The molecule has 2 aromatic rings. The van der Waals surface area contributed by atoms with Crippen LogP contribution in [-0.4, -0.2) is 0 Å². The van der Waals surface area contributed by atoms with E-state index in [1.54, 1.807) is 0 Å². The van der Waals surface area contributed by atoms with Crippen LogP contribution >= 0.6 is 8.03 Å². The molecule has 0 radical (unpaired) electrons. The number of benzene rings is 2. The van der Waals surface area contributed by atoms with E-state index in [-0.39, 0.29) is 0 Å². The third-order valence-electron chi connectivity index (χ3n) is 3.21. The Labute approximate surface area is 115 Å². The Bertz CT molecular complexity index is 592. The lowest BCUT2D eigenvalue weighted by molar-refractivity contribution is 0.510. The Morgan fingerprint density at radius 3 is 1.68 bits per heavy atom. The van der Waals surface area contributed by atoms with Crippen molar-refractivity contribution >= 4 is 13.3 Å². The second-order valence-corrected chi connectivity index (χ2v) is 5.95. The average molecular weight is 273 g/mol. The smallest absolute Gasteiger partial charge is 0.250 e. The molecule has 0 saturated heterocycles. The van der Waals surface area contributed by atoms with E-state index in [4.69, 9.17) is 4.52 Å². The summed E-state index contributed by atoms with van der Waals surface area (Å²) < 4.78 is 18.2. The highest BCUT2D eigenvalue weighted by atomic mass is 31.1. The van der Waals surface area contributed by atoms with Crippen LogP contribution in [0.5, 0.6) is 5.75 Å². The largest absolute Gasteiger partial charge is 0.597 e. The van der Waals surface area contributed by atoms with Gasteiger partial charge < -0.3 is 0 Å². The molecule has 2 nitrogen and oxygen atoms in total. The van der Waals surface area contributed by atoms with Crippen LogP contribution in [0.4, 0.5) is 0 Å². The maximum Gasteiger partial charge on any atom is 0.597 e. The van der Waals surface area contributed by atoms with Gasteiger partial charge in [0.15, 0.2) is 5.75 Å². The van der Waals surface area contributed by atoms with Crippen LogP contribution < -0.4 is 9.83 Å². The molecule has 0 spiro atoms. The predicted octanol–water partition coefficient (Wildman–Crippen LogP) is 4.37. The number of aryl methyl sites for hydroxylation is 4. The zero-order valence-electron chi connectivity index (χ0n) is 11.7. The van der Waals surface area contributed by atoms with E-state index in [0.29, 0.717) is 0 Å². The van der Waals surface area contributed by atoms with E-state index >= 15 is 0 Å². The summed E-state index contributed by atoms with van der Waals surface area (Å²) in [6.45, 7) is 7.86. The summed E-state index contributed by atoms with van der Waals surface area (Å²) in [6.07, 6.45) is 0. The Hall–Kier alpha value is -1.66. The third kappa shape index (κ3) is 2.85. The zero-order valence-corrected chi connectivity index (χ0v) is 12.6. The lowest BCUT2D eigenvalue weighted by atomic mass is 10.1. The van der Waals surface area contributed by atoms with Crippen molar-refractivity contribution in [3.63, 3.8) is 0 Å². The van der Waals surface area contributed by atoms with Crippen LogP contribution in [-0.2, 0) is 4.57 Å². The van der Waals surface area contributed by atoms with Crippen molar-refractivity contribution in [2.45, 2.75) is 27.7 Å². The summed E-state index contributed by atoms with van der Waals surface area (Å²) in [7, 11) is -1.88. The zero-order chi connectivity index (χ0) is 14.0. The maximum absolute atomic E-state index is 12.5. The van der Waals surface area contributed by atoms with Crippen molar-refractivity contribution in [2.75, 3.05) is 0 Å². The number of para-hydroxylation sites is 1. The fourth-order valence-electron chi connectivity index (χ4n) is 2.17. The second-order valence-electron chi connectivity index (χ2n) is 4.81. The van der Waals surface area contributed by atoms with Gasteiger partial charge in [-0.25, -0.2) is 4.52 Å². The van der Waals surface area contributed by atoms with Crippen molar-refractivity contribution < 1.29 is 9.09 Å². The average Bonchev–Trinajstić information content (AvgIpc) is 2.34. The van der Waals surface area contributed by atoms with Crippen LogP contribution in [0.2, 0.25) is 0 Å². The van der Waals surface area contributed by atoms with Gasteiger partial charge in [-0.1, -0.05) is 36.4 Å². The van der Waals surface area contributed by atoms with Crippen molar-refractivity contribution in [1.29, 1.82) is 0 Å². The molecule has 2 aromatic carbocycles. The second kappa shape index (κ2) is 5.54. The monoisotopic (exact) mass is 273 g/mol. The minimum absolute atomic E-state index is 0.728. The minimum atomic E-state index is -1.88. The molecule has 0 aromatic heterocycles. The van der Waals surface area contributed by atoms with Gasteiger partial charge >= 0.3 is 8.03 Å². The summed E-state index contributed by atoms with van der Waals surface area (Å²) in [5.41, 5.74) is 4.03. The molecular formula is C16H18O2P+. The van der Waals surface area contributed by atoms with Crippen LogP contribution in [0.3, 0.4) is 0 Å². The first-order valence-electron chi connectivity index (χ1n) is 6.28. The Balaban J connectivity index is 2.37. The van der Waals surface area contributed by atoms with Crippen LogP contribution in [0.1, 0.15) is 22.3 Å². The molecule has 3 heteroatoms. The highest BCUT2D eigenvalue weighted by Gasteiger charge is 2.29. The highest BCUT2D eigenvalue weighted by molar-refractivity contribution is 7.49. The van der Waals surface area contributed by atoms with E-state index in [1.165, 1.54) is 0 Å². The first-order chi connectivity index (χ1) is 9.00. The van der Waals surface area contributed by atoms with Crippen LogP contribution in [0, 0.1) is 27.7 Å². The molecule has 0 aliphatic heterocycles. The normalized spacial score (nSPS) is 11.3. The molecule has 0 aliphatic carbocycles. The molecule has 0 heterocycles. The van der Waals surface area contributed by atoms with Crippen molar-refractivity contribution in [3.8, 4) is 5.75 Å². The number of hydrogen-bond acceptors (Lipinski definition) is 2. The highest BCUT2D eigenvalue weighted by Crippen LogP contribution is 2.33. The SMILES string of the molecule is Cc1cccc(C)c1O[P+](=O)c1c(C)cccc1C. The first kappa shape index (κ1) is 13.8. The van der Waals surface area contributed by atoms with Gasteiger partial charge in [-0.15, -0.1) is 0 Å². The topological polar surface area (TPSA) is 26.3 Å². The van der Waals surface area contributed by atoms with Crippen molar-refractivity contribution in [2.24, 2.45) is 0 Å². The molecule has 0 amide bonds. The van der Waals surface area contributed by atoms with E-state index in [2.05, 4.69) is 0 Å². The summed E-state index contributed by atoms with van der Waals surface area (Å²) in [4.78, 5) is 0. The van der Waals surface area contributed by atoms with Crippen molar-refractivity contribution in [3.05, 3.63) is 58.7 Å². The van der Waals surface area contributed by atoms with E-state index in [1.807, 2.05) is 64.1 Å². The molecule has 0 aliphatic rings. The van der Waals surface area contributed by atoms with E-state index < -0.39 is 8.03 Å². The van der Waals surface area contributed by atoms with Crippen LogP contribution in [0.15, 0.2) is 36.4 Å². The van der Waals surface area contributed by atoms with Gasteiger partial charge in [-0.05, 0) is 43.4 Å². The van der Waals surface area contributed by atoms with Gasteiger partial charge in [0.1, 0.15) is 0 Å². The quantitative estimate of drug-likeness (QED) is 0.776. The fraction of sp³-hybridized carbons (Fsp3) is 0.250. The molecule has 19 heavy (non-hydrogen) atoms. The van der Waals surface area contributed by atoms with Gasteiger partial charge in [-0.3, -0.25) is 0 Å². The molecule has 2 rings (SSSR count). The summed E-state index contributed by atoms with van der Waals surface area (Å²) >= 11 is 0. The van der Waals surface area contributed by atoms with Gasteiger partial charge in [0.25, 0.3) is 0 Å². The number of hydrogen-bond donors (Lipinski definition) is 0. The molecule has 0 saturated carbocycles. The summed E-state index contributed by atoms with van der Waals surface area (Å²) in [5, 5.41) is 0.806. The van der Waals surface area contributed by atoms with E-state index in [9.17, 15) is 4.57 Å². The molecule has 0 fully saturated rings. The molecule has 98 valence electrons. The number of rotatable bonds is 3. The molecule has 0 bridgehead atoms. The summed E-state index contributed by atoms with van der Waals surface area (Å²) in [5.74, 6) is 0.728. The van der Waals surface area contributed by atoms with Gasteiger partial charge in [-0.2, -0.15) is 0 Å². The minimum Gasteiger partial charge on any atom is -0.250 e. The lowest BCUT2D eigenvalue weighted by Crippen LogP contribution is -2.09.